The number of nitrogens with two attached hydrogens (primary N) is 1. The van der Waals surface area contributed by atoms with Crippen molar-refractivity contribution in [1.82, 2.24) is 19.7 Å². The summed E-state index contributed by atoms with van der Waals surface area (Å²) in [5.74, 6) is 0.913. The Morgan fingerprint density at radius 3 is 2.45 bits per heavy atom. The van der Waals surface area contributed by atoms with Crippen LogP contribution in [-0.4, -0.2) is 78.4 Å². The zero-order chi connectivity index (χ0) is 36.7. The van der Waals surface area contributed by atoms with E-state index in [1.54, 1.807) is 50.0 Å². The average Bonchev–Trinajstić information content (AvgIpc) is 3.19. The van der Waals surface area contributed by atoms with E-state index in [0.29, 0.717) is 91.7 Å². The van der Waals surface area contributed by atoms with Gasteiger partial charge in [0.15, 0.2) is 22.7 Å². The van der Waals surface area contributed by atoms with Crippen LogP contribution in [0.1, 0.15) is 28.9 Å². The van der Waals surface area contributed by atoms with Gasteiger partial charge in [-0.25, -0.2) is 9.37 Å². The molecule has 0 spiro atoms. The minimum Gasteiger partial charge on any atom is -0.493 e. The van der Waals surface area contributed by atoms with Gasteiger partial charge in [-0.05, 0) is 72.4 Å². The maximum Gasteiger partial charge on any atom is 0.200 e. The van der Waals surface area contributed by atoms with E-state index in [4.69, 9.17) is 29.4 Å². The highest BCUT2D eigenvalue weighted by Crippen LogP contribution is 2.35. The van der Waals surface area contributed by atoms with E-state index in [1.807, 2.05) is 28.8 Å². The first-order valence-corrected chi connectivity index (χ1v) is 17.5. The predicted molar refractivity (Wildman–Crippen MR) is 195 cm³/mol. The predicted octanol–water partition coefficient (Wildman–Crippen LogP) is 5.41. The van der Waals surface area contributed by atoms with E-state index in [-0.39, 0.29) is 23.9 Å². The molecule has 13 heteroatoms. The van der Waals surface area contributed by atoms with Crippen LogP contribution in [0, 0.1) is 11.7 Å². The second-order valence-electron chi connectivity index (χ2n) is 13.1. The van der Waals surface area contributed by atoms with Gasteiger partial charge in [-0.3, -0.25) is 9.59 Å². The van der Waals surface area contributed by atoms with Crippen LogP contribution >= 0.6 is 0 Å². The summed E-state index contributed by atoms with van der Waals surface area (Å²) >= 11 is 0. The lowest BCUT2D eigenvalue weighted by molar-refractivity contribution is -0.101. The number of Topliss-reactive ketones (excluding diaryl/α,β-unsaturated/α-hetero) is 1. The number of hydrogen-bond donors (Lipinski definition) is 1. The number of nitrogen functional groups attached to an aromatic ring is 1. The number of ketones is 1. The Labute approximate surface area is 305 Å². The summed E-state index contributed by atoms with van der Waals surface area (Å²) in [5.41, 5.74) is 9.76. The number of carbonyl (C=O) groups is 1. The minimum absolute atomic E-state index is 0.0362. The number of hydrogen-bond acceptors (Lipinski definition) is 11. The molecule has 0 aliphatic carbocycles. The van der Waals surface area contributed by atoms with Gasteiger partial charge in [0.2, 0.25) is 0 Å². The van der Waals surface area contributed by atoms with Crippen molar-refractivity contribution in [1.29, 1.82) is 0 Å². The van der Waals surface area contributed by atoms with Crippen LogP contribution in [0.3, 0.4) is 0 Å². The second-order valence-corrected chi connectivity index (χ2v) is 13.1. The van der Waals surface area contributed by atoms with Gasteiger partial charge in [0.1, 0.15) is 24.3 Å². The number of anilines is 1. The van der Waals surface area contributed by atoms with E-state index in [2.05, 4.69) is 15.2 Å². The number of methoxy groups -OCH3 is 1. The monoisotopic (exact) mass is 721 g/mol. The molecule has 53 heavy (non-hydrogen) atoms. The number of halogens is 1. The lowest BCUT2D eigenvalue weighted by atomic mass is 9.98. The van der Waals surface area contributed by atoms with Gasteiger partial charge < -0.3 is 34.0 Å². The van der Waals surface area contributed by atoms with Crippen molar-refractivity contribution in [3.63, 3.8) is 0 Å². The molecular weight excluding hydrogens is 681 g/mol. The SMILES string of the molecule is COc1cc(-c2cnc(N)c(-c3ccc(CC(=O)c4cn(CC5CCOCC5)cc(-c5ccc(F)cc5)c4=O)nn3)c2)ccc1OC[C@H]1COCCO1. The summed E-state index contributed by atoms with van der Waals surface area (Å²) in [7, 11) is 1.58. The molecule has 2 aliphatic heterocycles. The molecule has 3 aromatic heterocycles. The quantitative estimate of drug-likeness (QED) is 0.165. The normalized spacial score (nSPS) is 16.3. The van der Waals surface area contributed by atoms with Gasteiger partial charge in [0, 0.05) is 55.0 Å². The first-order valence-electron chi connectivity index (χ1n) is 17.5. The second kappa shape index (κ2) is 16.4. The zero-order valence-corrected chi connectivity index (χ0v) is 29.3. The van der Waals surface area contributed by atoms with Crippen molar-refractivity contribution >= 4 is 11.6 Å². The number of pyridine rings is 2. The van der Waals surface area contributed by atoms with Crippen molar-refractivity contribution in [2.75, 3.05) is 52.5 Å². The van der Waals surface area contributed by atoms with Gasteiger partial charge in [-0.15, -0.1) is 0 Å². The first kappa shape index (κ1) is 35.9. The molecule has 0 bridgehead atoms. The van der Waals surface area contributed by atoms with Crippen LogP contribution in [0.25, 0.3) is 33.5 Å². The molecule has 0 saturated carbocycles. The molecule has 12 nitrogen and oxygen atoms in total. The molecule has 7 rings (SSSR count). The molecule has 2 fully saturated rings. The van der Waals surface area contributed by atoms with Gasteiger partial charge in [0.05, 0.1) is 50.3 Å². The summed E-state index contributed by atoms with van der Waals surface area (Å²) < 4.78 is 43.8. The summed E-state index contributed by atoms with van der Waals surface area (Å²) in [4.78, 5) is 31.8. The van der Waals surface area contributed by atoms with Crippen molar-refractivity contribution in [3.05, 3.63) is 107 Å². The molecule has 2 aromatic carbocycles. The van der Waals surface area contributed by atoms with Gasteiger partial charge in [-0.1, -0.05) is 18.2 Å². The lowest BCUT2D eigenvalue weighted by Gasteiger charge is -2.23. The third kappa shape index (κ3) is 8.60. The Kier molecular flexibility index (Phi) is 11.1. The average molecular weight is 722 g/mol. The third-order valence-corrected chi connectivity index (χ3v) is 9.41. The first-order chi connectivity index (χ1) is 25.8. The van der Waals surface area contributed by atoms with Crippen LogP contribution in [0.15, 0.2) is 84.0 Å². The largest absolute Gasteiger partial charge is 0.493 e. The van der Waals surface area contributed by atoms with Gasteiger partial charge in [0.25, 0.3) is 0 Å². The van der Waals surface area contributed by atoms with Crippen LogP contribution in [-0.2, 0) is 27.2 Å². The van der Waals surface area contributed by atoms with Crippen molar-refractivity contribution in [2.45, 2.75) is 31.9 Å². The highest BCUT2D eigenvalue weighted by molar-refractivity contribution is 5.98. The molecular formula is C40H40FN5O7. The highest BCUT2D eigenvalue weighted by Gasteiger charge is 2.21. The lowest BCUT2D eigenvalue weighted by Crippen LogP contribution is -2.33. The smallest absolute Gasteiger partial charge is 0.200 e. The van der Waals surface area contributed by atoms with E-state index in [0.717, 1.165) is 24.0 Å². The Balaban J connectivity index is 1.09. The number of aromatic nitrogens is 4. The number of ether oxygens (including phenoxy) is 5. The zero-order valence-electron chi connectivity index (χ0n) is 29.3. The molecule has 0 amide bonds. The summed E-state index contributed by atoms with van der Waals surface area (Å²) in [6.07, 6.45) is 6.49. The third-order valence-electron chi connectivity index (χ3n) is 9.41. The van der Waals surface area contributed by atoms with Gasteiger partial charge >= 0.3 is 0 Å². The van der Waals surface area contributed by atoms with Gasteiger partial charge in [-0.2, -0.15) is 10.2 Å². The van der Waals surface area contributed by atoms with E-state index < -0.39 is 17.0 Å². The Bertz CT molecular complexity index is 2110. The van der Waals surface area contributed by atoms with Crippen molar-refractivity contribution < 1.29 is 32.9 Å². The molecule has 2 saturated heterocycles. The van der Waals surface area contributed by atoms with E-state index >= 15 is 0 Å². The molecule has 2 N–H and O–H groups in total. The van der Waals surface area contributed by atoms with E-state index in [9.17, 15) is 14.0 Å². The molecule has 0 unspecified atom stereocenters. The molecule has 5 aromatic rings. The topological polar surface area (TPSA) is 150 Å². The maximum absolute atomic E-state index is 13.7. The molecule has 274 valence electrons. The van der Waals surface area contributed by atoms with Crippen LogP contribution in [0.5, 0.6) is 11.5 Å². The number of benzene rings is 2. The molecule has 1 atom stereocenters. The van der Waals surface area contributed by atoms with Crippen molar-refractivity contribution in [2.24, 2.45) is 5.92 Å². The number of carbonyl (C=O) groups excluding carboxylic acids is 1. The molecule has 2 aliphatic rings. The van der Waals surface area contributed by atoms with Crippen LogP contribution in [0.4, 0.5) is 10.2 Å². The fourth-order valence-corrected chi connectivity index (χ4v) is 6.48. The van der Waals surface area contributed by atoms with Crippen LogP contribution < -0.4 is 20.6 Å². The van der Waals surface area contributed by atoms with E-state index in [1.165, 1.54) is 12.1 Å². The summed E-state index contributed by atoms with van der Waals surface area (Å²) in [6.45, 7) is 3.90. The van der Waals surface area contributed by atoms with Crippen molar-refractivity contribution in [3.8, 4) is 45.0 Å². The Hall–Kier alpha value is -5.50. The maximum atomic E-state index is 13.7. The van der Waals surface area contributed by atoms with Crippen LogP contribution in [0.2, 0.25) is 0 Å². The minimum atomic E-state index is -0.422. The highest BCUT2D eigenvalue weighted by atomic mass is 19.1. The molecule has 5 heterocycles. The summed E-state index contributed by atoms with van der Waals surface area (Å²) in [6, 6.07) is 16.5. The Morgan fingerprint density at radius 1 is 0.906 bits per heavy atom. The molecule has 0 radical (unpaired) electrons. The fraction of sp³-hybridized carbons (Fsp3) is 0.325. The fourth-order valence-electron chi connectivity index (χ4n) is 6.48. The standard InChI is InChI=1S/C40H40FN5O7/c1-49-38-17-27(4-9-37(38)53-24-31-23-51-14-15-52-31)28-16-32(40(42)43-19-28)35-8-7-30(44-45-35)18-36(47)34-22-46(20-25-10-12-50-13-11-25)21-33(39(34)48)26-2-5-29(41)6-3-26/h2-9,16-17,19,21-22,25,31H,10-15,18,20,23-24H2,1H3,(H2,42,43)/t31-/m1/s1. The summed E-state index contributed by atoms with van der Waals surface area (Å²) in [5, 5.41) is 8.70. The Morgan fingerprint density at radius 2 is 1.72 bits per heavy atom. The number of nitrogens with zero attached hydrogens (tertiary/aromatic N) is 4. The number of rotatable bonds is 12.